The largest absolute Gasteiger partial charge is 0.351 e. The second kappa shape index (κ2) is 9.69. The van der Waals surface area contributed by atoms with Crippen molar-refractivity contribution in [3.63, 3.8) is 0 Å². The average Bonchev–Trinajstić information content (AvgIpc) is 3.27. The van der Waals surface area contributed by atoms with Crippen LogP contribution >= 0.6 is 11.8 Å². The van der Waals surface area contributed by atoms with Gasteiger partial charge in [0, 0.05) is 38.2 Å². The molecule has 2 aromatic heterocycles. The molecule has 7 nitrogen and oxygen atoms in total. The van der Waals surface area contributed by atoms with Crippen molar-refractivity contribution in [3.05, 3.63) is 48.4 Å². The number of aromatic nitrogens is 2. The molecule has 1 aliphatic rings. The summed E-state index contributed by atoms with van der Waals surface area (Å²) >= 11 is 1.34. The third-order valence-corrected chi connectivity index (χ3v) is 8.09. The van der Waals surface area contributed by atoms with Crippen LogP contribution in [0.4, 0.5) is 0 Å². The highest BCUT2D eigenvalue weighted by molar-refractivity contribution is 8.00. The van der Waals surface area contributed by atoms with Crippen LogP contribution in [-0.2, 0) is 21.4 Å². The zero-order valence-electron chi connectivity index (χ0n) is 16.6. The van der Waals surface area contributed by atoms with Crippen molar-refractivity contribution >= 4 is 27.7 Å². The maximum Gasteiger partial charge on any atom is 0.244 e. The van der Waals surface area contributed by atoms with E-state index in [0.717, 1.165) is 18.4 Å². The number of hydrogen-bond donors (Lipinski definition) is 1. The second-order valence-electron chi connectivity index (χ2n) is 7.30. The van der Waals surface area contributed by atoms with E-state index in [9.17, 15) is 13.2 Å². The Morgan fingerprint density at radius 3 is 2.55 bits per heavy atom. The van der Waals surface area contributed by atoms with Gasteiger partial charge in [-0.25, -0.2) is 13.4 Å². The van der Waals surface area contributed by atoms with Crippen LogP contribution in [0.25, 0.3) is 0 Å². The van der Waals surface area contributed by atoms with E-state index in [1.54, 1.807) is 24.5 Å². The molecule has 0 spiro atoms. The summed E-state index contributed by atoms with van der Waals surface area (Å²) in [6.07, 6.45) is 6.59. The van der Waals surface area contributed by atoms with Gasteiger partial charge in [-0.3, -0.25) is 9.78 Å². The molecular formula is C20H26N4O3S2. The minimum absolute atomic E-state index is 0.0792. The van der Waals surface area contributed by atoms with Crippen LogP contribution in [0.5, 0.6) is 0 Å². The minimum Gasteiger partial charge on any atom is -0.351 e. The Hall–Kier alpha value is -1.97. The Balaban J connectivity index is 1.65. The van der Waals surface area contributed by atoms with Crippen LogP contribution in [0.3, 0.4) is 0 Å². The number of rotatable bonds is 8. The summed E-state index contributed by atoms with van der Waals surface area (Å²) in [6.45, 7) is 5.49. The van der Waals surface area contributed by atoms with E-state index in [0.29, 0.717) is 24.7 Å². The van der Waals surface area contributed by atoms with Gasteiger partial charge in [-0.1, -0.05) is 31.7 Å². The fraction of sp³-hybridized carbons (Fsp3) is 0.450. The molecule has 0 saturated carbocycles. The fourth-order valence-electron chi connectivity index (χ4n) is 3.08. The molecular weight excluding hydrogens is 408 g/mol. The molecule has 1 amide bonds. The van der Waals surface area contributed by atoms with E-state index in [-0.39, 0.29) is 22.0 Å². The lowest BCUT2D eigenvalue weighted by atomic mass is 10.1. The topological polar surface area (TPSA) is 92.3 Å². The van der Waals surface area contributed by atoms with Crippen LogP contribution in [0.15, 0.2) is 52.8 Å². The van der Waals surface area contributed by atoms with Crippen LogP contribution < -0.4 is 5.32 Å². The molecule has 1 N–H and O–H groups in total. The van der Waals surface area contributed by atoms with Crippen molar-refractivity contribution in [2.45, 2.75) is 48.4 Å². The summed E-state index contributed by atoms with van der Waals surface area (Å²) in [5, 5.41) is 3.24. The van der Waals surface area contributed by atoms with Gasteiger partial charge in [0.05, 0.1) is 10.3 Å². The van der Waals surface area contributed by atoms with Crippen molar-refractivity contribution in [1.29, 1.82) is 0 Å². The summed E-state index contributed by atoms with van der Waals surface area (Å²) in [4.78, 5) is 21.2. The molecule has 2 aromatic rings. The summed E-state index contributed by atoms with van der Waals surface area (Å²) < 4.78 is 26.7. The maximum absolute atomic E-state index is 12.7. The van der Waals surface area contributed by atoms with Gasteiger partial charge in [-0.2, -0.15) is 4.31 Å². The van der Waals surface area contributed by atoms with Crippen LogP contribution in [0.1, 0.15) is 32.3 Å². The quantitative estimate of drug-likeness (QED) is 0.642. The van der Waals surface area contributed by atoms with E-state index in [4.69, 9.17) is 0 Å². The first kappa shape index (κ1) is 21.7. The van der Waals surface area contributed by atoms with E-state index in [1.807, 2.05) is 26.0 Å². The molecule has 1 fully saturated rings. The van der Waals surface area contributed by atoms with Gasteiger partial charge >= 0.3 is 0 Å². The lowest BCUT2D eigenvalue weighted by Crippen LogP contribution is -2.35. The number of nitrogens with one attached hydrogen (secondary N) is 1. The first-order valence-electron chi connectivity index (χ1n) is 9.67. The van der Waals surface area contributed by atoms with Crippen LogP contribution in [0, 0.1) is 5.92 Å². The third kappa shape index (κ3) is 5.55. The predicted octanol–water partition coefficient (Wildman–Crippen LogP) is 2.69. The normalized spacial score (nSPS) is 16.1. The average molecular weight is 435 g/mol. The van der Waals surface area contributed by atoms with Crippen molar-refractivity contribution in [2.75, 3.05) is 13.1 Å². The molecule has 29 heavy (non-hydrogen) atoms. The van der Waals surface area contributed by atoms with Gasteiger partial charge in [-0.15, -0.1) is 0 Å². The zero-order valence-corrected chi connectivity index (χ0v) is 18.2. The SMILES string of the molecule is CC(C)C(Sc1ccc(S(=O)(=O)N2CCCC2)cn1)C(=O)NCc1cccnc1. The number of thioether (sulfide) groups is 1. The Morgan fingerprint density at radius 1 is 1.21 bits per heavy atom. The number of sulfonamides is 1. The van der Waals surface area contributed by atoms with E-state index in [2.05, 4.69) is 15.3 Å². The van der Waals surface area contributed by atoms with Crippen LogP contribution in [0.2, 0.25) is 0 Å². The Labute approximate surface area is 176 Å². The fourth-order valence-corrected chi connectivity index (χ4v) is 5.53. The maximum atomic E-state index is 12.7. The Kier molecular flexibility index (Phi) is 7.26. The van der Waals surface area contributed by atoms with Crippen molar-refractivity contribution < 1.29 is 13.2 Å². The van der Waals surface area contributed by atoms with Crippen molar-refractivity contribution in [3.8, 4) is 0 Å². The first-order valence-corrected chi connectivity index (χ1v) is 12.0. The monoisotopic (exact) mass is 434 g/mol. The molecule has 0 aromatic carbocycles. The number of pyridine rings is 2. The Bertz CT molecular complexity index is 913. The van der Waals surface area contributed by atoms with Gasteiger partial charge in [0.1, 0.15) is 4.90 Å². The lowest BCUT2D eigenvalue weighted by Gasteiger charge is -2.20. The van der Waals surface area contributed by atoms with Crippen molar-refractivity contribution in [2.24, 2.45) is 5.92 Å². The molecule has 3 rings (SSSR count). The number of amides is 1. The molecule has 1 aliphatic heterocycles. The highest BCUT2D eigenvalue weighted by Crippen LogP contribution is 2.28. The molecule has 1 atom stereocenters. The molecule has 1 saturated heterocycles. The second-order valence-corrected chi connectivity index (χ2v) is 10.4. The van der Waals surface area contributed by atoms with E-state index in [1.165, 1.54) is 22.3 Å². The number of hydrogen-bond acceptors (Lipinski definition) is 6. The van der Waals surface area contributed by atoms with E-state index >= 15 is 0 Å². The molecule has 156 valence electrons. The number of carbonyl (C=O) groups excluding carboxylic acids is 1. The van der Waals surface area contributed by atoms with Gasteiger partial charge < -0.3 is 5.32 Å². The summed E-state index contributed by atoms with van der Waals surface area (Å²) in [6, 6.07) is 7.00. The predicted molar refractivity (Wildman–Crippen MR) is 113 cm³/mol. The highest BCUT2D eigenvalue weighted by atomic mass is 32.2. The summed E-state index contributed by atoms with van der Waals surface area (Å²) in [7, 11) is -3.48. The number of carbonyl (C=O) groups is 1. The Morgan fingerprint density at radius 2 is 1.97 bits per heavy atom. The van der Waals surface area contributed by atoms with Gasteiger partial charge in [0.15, 0.2) is 0 Å². The molecule has 0 bridgehead atoms. The van der Waals surface area contributed by atoms with E-state index < -0.39 is 10.0 Å². The van der Waals surface area contributed by atoms with Gasteiger partial charge in [0.2, 0.25) is 15.9 Å². The third-order valence-electron chi connectivity index (χ3n) is 4.71. The van der Waals surface area contributed by atoms with Gasteiger partial charge in [0.25, 0.3) is 0 Å². The smallest absolute Gasteiger partial charge is 0.244 e. The zero-order chi connectivity index (χ0) is 20.9. The first-order chi connectivity index (χ1) is 13.9. The van der Waals surface area contributed by atoms with Gasteiger partial charge in [-0.05, 0) is 42.5 Å². The molecule has 0 aliphatic carbocycles. The summed E-state index contributed by atoms with van der Waals surface area (Å²) in [5.74, 6) is 0.00752. The van der Waals surface area contributed by atoms with Crippen LogP contribution in [-0.4, -0.2) is 46.9 Å². The molecule has 3 heterocycles. The minimum atomic E-state index is -3.48. The standard InChI is InChI=1S/C20H26N4O3S2/c1-15(2)19(20(25)23-13-16-6-5-9-21-12-16)28-18-8-7-17(14-22-18)29(26,27)24-10-3-4-11-24/h5-9,12,14-15,19H,3-4,10-11,13H2,1-2H3,(H,23,25). The van der Waals surface area contributed by atoms with Crippen molar-refractivity contribution in [1.82, 2.24) is 19.6 Å². The molecule has 1 unspecified atom stereocenters. The summed E-state index contributed by atoms with van der Waals surface area (Å²) in [5.41, 5.74) is 0.933. The highest BCUT2D eigenvalue weighted by Gasteiger charge is 2.28. The molecule has 9 heteroatoms. The molecule has 0 radical (unpaired) electrons. The number of nitrogens with zero attached hydrogens (tertiary/aromatic N) is 3. The lowest BCUT2D eigenvalue weighted by molar-refractivity contribution is -0.121.